The third kappa shape index (κ3) is 10.3. The first-order valence-electron chi connectivity index (χ1n) is 21.4. The minimum absolute atomic E-state index is 0.0438. The highest BCUT2D eigenvalue weighted by molar-refractivity contribution is 6.03. The summed E-state index contributed by atoms with van der Waals surface area (Å²) in [5, 5.41) is 34.2. The Hall–Kier alpha value is -3.98. The van der Waals surface area contributed by atoms with Crippen LogP contribution in [0.1, 0.15) is 86.8 Å². The first kappa shape index (κ1) is 44.6. The van der Waals surface area contributed by atoms with Crippen LogP contribution in [0.5, 0.6) is 17.2 Å². The maximum atomic E-state index is 14.0. The number of ether oxygens (including phenoxy) is 6. The summed E-state index contributed by atoms with van der Waals surface area (Å²) in [5.41, 5.74) is 4.84. The lowest BCUT2D eigenvalue weighted by Crippen LogP contribution is -2.70. The number of oxime groups is 1. The Balaban J connectivity index is 1.57. The third-order valence-electron chi connectivity index (χ3n) is 12.3. The maximum absolute atomic E-state index is 14.0. The molecule has 1 amide bonds. The van der Waals surface area contributed by atoms with Gasteiger partial charge < -0.3 is 48.6 Å². The molecule has 6 rings (SSSR count). The molecule has 1 saturated heterocycles. The highest BCUT2D eigenvalue weighted by Crippen LogP contribution is 2.62. The number of rotatable bonds is 21. The fraction of sp³-hybridized carbons (Fsp3) is 0.609. The molecular weight excluding hydrogens is 757 g/mol. The van der Waals surface area contributed by atoms with Crippen molar-refractivity contribution >= 4 is 11.8 Å². The first-order chi connectivity index (χ1) is 28.8. The number of unbranched alkanes of at least 4 members (excludes halogenated alkanes) is 2. The van der Waals surface area contributed by atoms with Crippen LogP contribution in [0.2, 0.25) is 0 Å². The van der Waals surface area contributed by atoms with Crippen molar-refractivity contribution in [1.82, 2.24) is 4.90 Å². The van der Waals surface area contributed by atoms with E-state index in [1.54, 1.807) is 11.0 Å². The van der Waals surface area contributed by atoms with Crippen molar-refractivity contribution in [2.75, 3.05) is 59.9 Å². The Morgan fingerprint density at radius 1 is 0.983 bits per heavy atom. The number of hydrogen-bond donors (Lipinski definition) is 3. The van der Waals surface area contributed by atoms with Gasteiger partial charge in [-0.25, -0.2) is 4.79 Å². The third-order valence-corrected chi connectivity index (χ3v) is 12.3. The van der Waals surface area contributed by atoms with Crippen LogP contribution in [-0.4, -0.2) is 110 Å². The number of aryl methyl sites for hydroxylation is 2. The second-order valence-corrected chi connectivity index (χ2v) is 16.0. The lowest BCUT2D eigenvalue weighted by Gasteiger charge is -2.59. The highest BCUT2D eigenvalue weighted by atomic mass is 16.8. The topological polar surface area (TPSA) is 158 Å². The lowest BCUT2D eigenvalue weighted by atomic mass is 9.55. The predicted molar refractivity (Wildman–Crippen MR) is 223 cm³/mol. The minimum Gasteiger partial charge on any atom is -0.459 e. The van der Waals surface area contributed by atoms with Gasteiger partial charge in [0.15, 0.2) is 0 Å². The van der Waals surface area contributed by atoms with Crippen LogP contribution in [0.15, 0.2) is 65.9 Å². The van der Waals surface area contributed by atoms with Gasteiger partial charge in [-0.05, 0) is 111 Å². The SMILES string of the molecule is C=CCOC12Oc3ccc(Oc4ccc(C)c(C)c4)cc3C3C(CCCCO)C(CCCCO)C=C(C(=NOC4CCCCO4)CC1N(CCOCCO)C(=O)OC)C32. The molecule has 3 N–H and O–H groups in total. The van der Waals surface area contributed by atoms with Gasteiger partial charge in [-0.3, -0.25) is 4.90 Å². The molecule has 4 aliphatic rings. The standard InChI is InChI=1S/C46H64N2O11/c1-5-23-56-46-41(48(45(52)53-4)19-25-54-26-22-51)30-39(47-59-42-14-8-11-24-55-42)37-28-33(12-6-9-20-49)36(13-7-10-21-50)43(44(37)46)38-29-35(17-18-40(38)58-46)57-34-16-15-31(2)32(3)27-34/h5,15-18,27-29,33,36,41-44,49-51H,1,6-14,19-26,30H2,2-4H3. The van der Waals surface area contributed by atoms with E-state index in [-0.39, 0.29) is 70.4 Å². The van der Waals surface area contributed by atoms with Gasteiger partial charge >= 0.3 is 6.09 Å². The number of aliphatic hydroxyl groups is 3. The zero-order valence-electron chi connectivity index (χ0n) is 35.0. The Bertz CT molecular complexity index is 1760. The molecule has 324 valence electrons. The largest absolute Gasteiger partial charge is 0.459 e. The van der Waals surface area contributed by atoms with E-state index in [0.29, 0.717) is 43.1 Å². The molecule has 0 spiro atoms. The van der Waals surface area contributed by atoms with Crippen LogP contribution >= 0.6 is 0 Å². The number of hydrogen-bond acceptors (Lipinski definition) is 12. The van der Waals surface area contributed by atoms with Crippen molar-refractivity contribution in [3.8, 4) is 17.2 Å². The maximum Gasteiger partial charge on any atom is 0.410 e. The summed E-state index contributed by atoms with van der Waals surface area (Å²) in [6.45, 7) is 9.25. The number of aliphatic hydroxyl groups excluding tert-OH is 3. The summed E-state index contributed by atoms with van der Waals surface area (Å²) in [4.78, 5) is 21.8. The number of carbonyl (C=O) groups excluding carboxylic acids is 1. The molecule has 2 fully saturated rings. The van der Waals surface area contributed by atoms with Crippen molar-refractivity contribution in [3.05, 3.63) is 77.4 Å². The molecule has 2 aliphatic carbocycles. The zero-order chi connectivity index (χ0) is 41.8. The van der Waals surface area contributed by atoms with E-state index < -0.39 is 30.1 Å². The van der Waals surface area contributed by atoms with Crippen LogP contribution in [0, 0.1) is 31.6 Å². The molecule has 7 unspecified atom stereocenters. The van der Waals surface area contributed by atoms with E-state index >= 15 is 0 Å². The summed E-state index contributed by atoms with van der Waals surface area (Å²) >= 11 is 0. The normalized spacial score (nSPS) is 26.5. The minimum atomic E-state index is -1.45. The molecule has 2 aliphatic heterocycles. The van der Waals surface area contributed by atoms with Crippen molar-refractivity contribution < 1.29 is 53.4 Å². The monoisotopic (exact) mass is 820 g/mol. The van der Waals surface area contributed by atoms with Gasteiger partial charge in [-0.2, -0.15) is 0 Å². The van der Waals surface area contributed by atoms with Gasteiger partial charge in [-0.15, -0.1) is 6.58 Å². The van der Waals surface area contributed by atoms with E-state index in [1.165, 1.54) is 12.7 Å². The van der Waals surface area contributed by atoms with E-state index in [2.05, 4.69) is 38.6 Å². The fourth-order valence-corrected chi connectivity index (χ4v) is 9.36. The smallest absolute Gasteiger partial charge is 0.410 e. The average molecular weight is 821 g/mol. The quantitative estimate of drug-likeness (QED) is 0.0658. The van der Waals surface area contributed by atoms with Crippen molar-refractivity contribution in [2.24, 2.45) is 22.9 Å². The number of carbonyl (C=O) groups is 1. The molecule has 2 aromatic carbocycles. The van der Waals surface area contributed by atoms with E-state index in [4.69, 9.17) is 38.4 Å². The Kier molecular flexibility index (Phi) is 16.3. The van der Waals surface area contributed by atoms with Crippen molar-refractivity contribution in [3.63, 3.8) is 0 Å². The van der Waals surface area contributed by atoms with Gasteiger partial charge in [0.25, 0.3) is 0 Å². The van der Waals surface area contributed by atoms with Crippen LogP contribution in [0.4, 0.5) is 4.79 Å². The zero-order valence-corrected chi connectivity index (χ0v) is 35.0. The molecule has 0 bridgehead atoms. The number of benzene rings is 2. The van der Waals surface area contributed by atoms with Crippen LogP contribution in [0.25, 0.3) is 0 Å². The van der Waals surface area contributed by atoms with Gasteiger partial charge in [0, 0.05) is 44.1 Å². The molecule has 0 aromatic heterocycles. The molecule has 2 heterocycles. The Morgan fingerprint density at radius 3 is 2.47 bits per heavy atom. The van der Waals surface area contributed by atoms with Gasteiger partial charge in [-0.1, -0.05) is 36.2 Å². The summed E-state index contributed by atoms with van der Waals surface area (Å²) in [5.74, 6) is -0.0666. The fourth-order valence-electron chi connectivity index (χ4n) is 9.36. The molecule has 7 atom stereocenters. The van der Waals surface area contributed by atoms with Gasteiger partial charge in [0.05, 0.1) is 51.8 Å². The van der Waals surface area contributed by atoms with E-state index in [9.17, 15) is 20.1 Å². The van der Waals surface area contributed by atoms with Crippen LogP contribution in [0.3, 0.4) is 0 Å². The predicted octanol–water partition coefficient (Wildman–Crippen LogP) is 7.33. The first-order valence-corrected chi connectivity index (χ1v) is 21.4. The number of methoxy groups -OCH3 is 1. The molecule has 2 aromatic rings. The molecule has 0 radical (unpaired) electrons. The van der Waals surface area contributed by atoms with Crippen LogP contribution in [-0.2, 0) is 23.8 Å². The summed E-state index contributed by atoms with van der Waals surface area (Å²) in [6, 6.07) is 11.2. The number of nitrogens with zero attached hydrogens (tertiary/aromatic N) is 2. The lowest BCUT2D eigenvalue weighted by molar-refractivity contribution is -0.256. The van der Waals surface area contributed by atoms with Gasteiger partial charge in [0.2, 0.25) is 12.1 Å². The van der Waals surface area contributed by atoms with Crippen LogP contribution < -0.4 is 9.47 Å². The number of amides is 1. The van der Waals surface area contributed by atoms with Crippen molar-refractivity contribution in [1.29, 1.82) is 0 Å². The summed E-state index contributed by atoms with van der Waals surface area (Å²) in [6.07, 6.45) is 10.3. The molecular formula is C46H64N2O11. The molecule has 59 heavy (non-hydrogen) atoms. The second-order valence-electron chi connectivity index (χ2n) is 16.0. The molecule has 1 saturated carbocycles. The summed E-state index contributed by atoms with van der Waals surface area (Å²) in [7, 11) is 1.35. The van der Waals surface area contributed by atoms with Crippen molar-refractivity contribution in [2.45, 2.75) is 102 Å². The van der Waals surface area contributed by atoms with Gasteiger partial charge in [0.1, 0.15) is 23.3 Å². The van der Waals surface area contributed by atoms with E-state index in [0.717, 1.165) is 61.0 Å². The van der Waals surface area contributed by atoms with E-state index in [1.807, 2.05) is 24.3 Å². The Labute approximate surface area is 348 Å². The highest BCUT2D eigenvalue weighted by Gasteiger charge is 2.65. The Morgan fingerprint density at radius 2 is 1.76 bits per heavy atom. The molecule has 13 nitrogen and oxygen atoms in total. The summed E-state index contributed by atoms with van der Waals surface area (Å²) < 4.78 is 37.9. The number of fused-ring (bicyclic) bond motifs is 2. The second kappa shape index (κ2) is 21.5. The number of allylic oxidation sites excluding steroid dienone is 1. The molecule has 13 heteroatoms. The average Bonchev–Trinajstić information content (AvgIpc) is 3.25.